The Morgan fingerprint density at radius 3 is 2.56 bits per heavy atom. The maximum Gasteiger partial charge on any atom is 0.328 e. The van der Waals surface area contributed by atoms with Gasteiger partial charge in [0.15, 0.2) is 0 Å². The molecule has 0 aliphatic heterocycles. The molecule has 1 aromatic rings. The number of rotatable bonds is 13. The topological polar surface area (TPSA) is 94.9 Å². The molecular weight excluding hydrogens is 366 g/mol. The summed E-state index contributed by atoms with van der Waals surface area (Å²) in [7, 11) is -3.38. The lowest BCUT2D eigenvalue weighted by molar-refractivity contribution is -0.131. The third-order valence-electron chi connectivity index (χ3n) is 4.28. The van der Waals surface area contributed by atoms with Gasteiger partial charge in [0.25, 0.3) is 0 Å². The number of unbranched alkanes of at least 4 members (excludes halogenated alkanes) is 2. The van der Waals surface area contributed by atoms with Gasteiger partial charge in [-0.3, -0.25) is 0 Å². The molecule has 2 N–H and O–H groups in total. The first-order chi connectivity index (χ1) is 12.7. The minimum atomic E-state index is -3.38. The highest BCUT2D eigenvalue weighted by atomic mass is 32.2. The van der Waals surface area contributed by atoms with Gasteiger partial charge in [-0.2, -0.15) is 4.31 Å². The first-order valence-electron chi connectivity index (χ1n) is 9.35. The second-order valence-corrected chi connectivity index (χ2v) is 8.79. The largest absolute Gasteiger partial charge is 0.478 e. The lowest BCUT2D eigenvalue weighted by atomic mass is 10.1. The predicted octanol–water partition coefficient (Wildman–Crippen LogP) is 3.27. The molecule has 7 heteroatoms. The van der Waals surface area contributed by atoms with Gasteiger partial charge in [-0.1, -0.05) is 50.5 Å². The van der Waals surface area contributed by atoms with E-state index in [9.17, 15) is 18.3 Å². The van der Waals surface area contributed by atoms with Crippen LogP contribution < -0.4 is 0 Å². The van der Waals surface area contributed by atoms with Crippen LogP contribution in [0.15, 0.2) is 30.3 Å². The highest BCUT2D eigenvalue weighted by molar-refractivity contribution is 7.88. The monoisotopic (exact) mass is 397 g/mol. The Labute approximate surface area is 162 Å². The maximum absolute atomic E-state index is 12.1. The molecule has 0 aliphatic rings. The van der Waals surface area contributed by atoms with E-state index in [0.717, 1.165) is 37.3 Å². The Hall–Kier alpha value is -1.70. The zero-order valence-corrected chi connectivity index (χ0v) is 17.0. The molecule has 0 radical (unpaired) electrons. The van der Waals surface area contributed by atoms with Crippen LogP contribution in [0.5, 0.6) is 0 Å². The summed E-state index contributed by atoms with van der Waals surface area (Å²) < 4.78 is 25.6. The van der Waals surface area contributed by atoms with Gasteiger partial charge in [-0.05, 0) is 36.5 Å². The number of aliphatic hydroxyl groups excluding tert-OH is 1. The number of sulfonamides is 1. The first kappa shape index (κ1) is 23.3. The summed E-state index contributed by atoms with van der Waals surface area (Å²) in [6, 6.07) is 7.13. The zero-order chi connectivity index (χ0) is 20.3. The Balaban J connectivity index is 2.66. The Bertz CT molecular complexity index is 715. The van der Waals surface area contributed by atoms with Crippen molar-refractivity contribution in [3.63, 3.8) is 0 Å². The van der Waals surface area contributed by atoms with Crippen molar-refractivity contribution < 1.29 is 23.4 Å². The van der Waals surface area contributed by atoms with Crippen LogP contribution in [0.25, 0.3) is 6.08 Å². The van der Waals surface area contributed by atoms with E-state index < -0.39 is 16.0 Å². The normalized spacial score (nSPS) is 13.3. The molecule has 0 aliphatic carbocycles. The summed E-state index contributed by atoms with van der Waals surface area (Å²) in [6.45, 7) is 2.68. The second-order valence-electron chi connectivity index (χ2n) is 6.80. The average molecular weight is 398 g/mol. The number of carbonyl (C=O) groups is 1. The van der Waals surface area contributed by atoms with E-state index >= 15 is 0 Å². The van der Waals surface area contributed by atoms with Crippen LogP contribution >= 0.6 is 0 Å². The average Bonchev–Trinajstić information content (AvgIpc) is 2.59. The fourth-order valence-corrected chi connectivity index (χ4v) is 3.65. The number of carboxylic acids is 1. The van der Waals surface area contributed by atoms with Crippen molar-refractivity contribution in [3.8, 4) is 0 Å². The number of benzene rings is 1. The number of nitrogens with zero attached hydrogens (tertiary/aromatic N) is 1. The second kappa shape index (κ2) is 11.9. The zero-order valence-electron chi connectivity index (χ0n) is 16.2. The number of hydrogen-bond acceptors (Lipinski definition) is 4. The molecule has 0 heterocycles. The SMILES string of the molecule is CCCCCC(O)CCCN(Cc1cccc(/C=C/C(=O)O)c1)S(C)(=O)=O. The van der Waals surface area contributed by atoms with E-state index in [1.54, 1.807) is 18.2 Å². The number of aliphatic hydroxyl groups is 1. The van der Waals surface area contributed by atoms with Crippen molar-refractivity contribution in [3.05, 3.63) is 41.5 Å². The molecule has 1 unspecified atom stereocenters. The van der Waals surface area contributed by atoms with Crippen LogP contribution in [0.2, 0.25) is 0 Å². The van der Waals surface area contributed by atoms with Gasteiger partial charge in [0.05, 0.1) is 12.4 Å². The minimum Gasteiger partial charge on any atom is -0.478 e. The molecule has 0 bridgehead atoms. The van der Waals surface area contributed by atoms with Crippen molar-refractivity contribution in [1.29, 1.82) is 0 Å². The van der Waals surface area contributed by atoms with Crippen molar-refractivity contribution >= 4 is 22.1 Å². The van der Waals surface area contributed by atoms with Crippen molar-refractivity contribution in [1.82, 2.24) is 4.31 Å². The molecule has 6 nitrogen and oxygen atoms in total. The van der Waals surface area contributed by atoms with Gasteiger partial charge < -0.3 is 10.2 Å². The van der Waals surface area contributed by atoms with Crippen LogP contribution in [0.1, 0.15) is 56.6 Å². The fraction of sp³-hybridized carbons (Fsp3) is 0.550. The highest BCUT2D eigenvalue weighted by Gasteiger charge is 2.17. The van der Waals surface area contributed by atoms with Crippen LogP contribution in [0.4, 0.5) is 0 Å². The summed E-state index contributed by atoms with van der Waals surface area (Å²) in [5, 5.41) is 18.7. The standard InChI is InChI=1S/C20H31NO5S/c1-3-4-5-10-19(22)11-7-14-21(27(2,25)26)16-18-9-6-8-17(15-18)12-13-20(23)24/h6,8-9,12-13,15,19,22H,3-5,7,10-11,14,16H2,1-2H3,(H,23,24)/b13-12+. The van der Waals surface area contributed by atoms with Gasteiger partial charge in [0.1, 0.15) is 0 Å². The van der Waals surface area contributed by atoms with Gasteiger partial charge in [-0.15, -0.1) is 0 Å². The van der Waals surface area contributed by atoms with Gasteiger partial charge in [0, 0.05) is 19.2 Å². The van der Waals surface area contributed by atoms with E-state index in [4.69, 9.17) is 5.11 Å². The Kier molecular flexibility index (Phi) is 10.3. The molecule has 1 atom stereocenters. The van der Waals surface area contributed by atoms with E-state index in [2.05, 4.69) is 6.92 Å². The molecule has 0 spiro atoms. The number of hydrogen-bond donors (Lipinski definition) is 2. The first-order valence-corrected chi connectivity index (χ1v) is 11.2. The highest BCUT2D eigenvalue weighted by Crippen LogP contribution is 2.15. The predicted molar refractivity (Wildman–Crippen MR) is 108 cm³/mol. The number of carboxylic acid groups (broad SMARTS) is 1. The van der Waals surface area contributed by atoms with E-state index in [-0.39, 0.29) is 12.6 Å². The lowest BCUT2D eigenvalue weighted by Crippen LogP contribution is -2.31. The molecule has 0 aromatic heterocycles. The molecule has 1 aromatic carbocycles. The van der Waals surface area contributed by atoms with E-state index in [1.807, 2.05) is 6.07 Å². The van der Waals surface area contributed by atoms with Crippen molar-refractivity contribution in [2.75, 3.05) is 12.8 Å². The fourth-order valence-electron chi connectivity index (χ4n) is 2.81. The van der Waals surface area contributed by atoms with Crippen molar-refractivity contribution in [2.45, 2.75) is 58.1 Å². The minimum absolute atomic E-state index is 0.222. The molecule has 27 heavy (non-hydrogen) atoms. The molecule has 0 saturated carbocycles. The summed E-state index contributed by atoms with van der Waals surface area (Å²) in [4.78, 5) is 10.6. The lowest BCUT2D eigenvalue weighted by Gasteiger charge is -2.21. The number of aliphatic carboxylic acids is 1. The summed E-state index contributed by atoms with van der Waals surface area (Å²) >= 11 is 0. The van der Waals surface area contributed by atoms with Gasteiger partial charge in [0.2, 0.25) is 10.0 Å². The molecule has 152 valence electrons. The van der Waals surface area contributed by atoms with Gasteiger partial charge in [-0.25, -0.2) is 13.2 Å². The third-order valence-corrected chi connectivity index (χ3v) is 5.53. The molecule has 0 amide bonds. The maximum atomic E-state index is 12.1. The van der Waals surface area contributed by atoms with Gasteiger partial charge >= 0.3 is 5.97 Å². The summed E-state index contributed by atoms with van der Waals surface area (Å²) in [5.41, 5.74) is 1.49. The van der Waals surface area contributed by atoms with Crippen LogP contribution in [-0.2, 0) is 21.4 Å². The third kappa shape index (κ3) is 10.3. The van der Waals surface area contributed by atoms with Crippen LogP contribution in [-0.4, -0.2) is 47.8 Å². The quantitative estimate of drug-likeness (QED) is 0.393. The Morgan fingerprint density at radius 1 is 1.22 bits per heavy atom. The molecular formula is C20H31NO5S. The summed E-state index contributed by atoms with van der Waals surface area (Å²) in [6.07, 6.45) is 8.44. The van der Waals surface area contributed by atoms with Crippen LogP contribution in [0.3, 0.4) is 0 Å². The Morgan fingerprint density at radius 2 is 1.93 bits per heavy atom. The van der Waals surface area contributed by atoms with E-state index in [1.165, 1.54) is 16.6 Å². The molecule has 1 rings (SSSR count). The summed E-state index contributed by atoms with van der Waals surface area (Å²) in [5.74, 6) is -1.03. The van der Waals surface area contributed by atoms with Crippen molar-refractivity contribution in [2.24, 2.45) is 0 Å². The van der Waals surface area contributed by atoms with E-state index in [0.29, 0.717) is 24.9 Å². The smallest absolute Gasteiger partial charge is 0.328 e. The molecule has 0 saturated heterocycles. The molecule has 0 fully saturated rings. The van der Waals surface area contributed by atoms with Crippen LogP contribution in [0, 0.1) is 0 Å².